The molecule has 3 nitrogen and oxygen atoms in total. The molecule has 0 atom stereocenters. The lowest BCUT2D eigenvalue weighted by Gasteiger charge is -2.12. The molecular weight excluding hydrogens is 187 g/mol. The van der Waals surface area contributed by atoms with Crippen molar-refractivity contribution in [1.29, 1.82) is 0 Å². The van der Waals surface area contributed by atoms with Gasteiger partial charge in [0.1, 0.15) is 0 Å². The molecule has 1 rings (SSSR count). The van der Waals surface area contributed by atoms with E-state index in [1.54, 1.807) is 5.48 Å². The molecule has 0 saturated heterocycles. The maximum atomic E-state index is 10.2. The van der Waals surface area contributed by atoms with Crippen molar-refractivity contribution in [3.8, 4) is 0 Å². The maximum Gasteiger partial charge on any atom is 0.0614 e. The fourth-order valence-electron chi connectivity index (χ4n) is 0.651. The Bertz CT molecular complexity index is 278. The molecule has 0 fully saturated rings. The highest BCUT2D eigenvalue weighted by atomic mass is 35.5. The number of halogens is 2. The van der Waals surface area contributed by atoms with Gasteiger partial charge in [-0.05, 0) is 12.1 Å². The highest BCUT2D eigenvalue weighted by molar-refractivity contribution is 6.42. The average Bonchev–Trinajstić information content (AvgIpc) is 1.97. The summed E-state index contributed by atoms with van der Waals surface area (Å²) in [6.45, 7) is 0. The zero-order valence-electron chi connectivity index (χ0n) is 5.40. The van der Waals surface area contributed by atoms with Gasteiger partial charge in [-0.2, -0.15) is 0 Å². The van der Waals surface area contributed by atoms with Gasteiger partial charge in [-0.1, -0.05) is 23.2 Å². The number of anilines is 2. The molecule has 5 heteroatoms. The van der Waals surface area contributed by atoms with Gasteiger partial charge in [0.25, 0.3) is 0 Å². The summed E-state index contributed by atoms with van der Waals surface area (Å²) in [4.78, 5) is 0. The fourth-order valence-corrected chi connectivity index (χ4v) is 0.986. The van der Waals surface area contributed by atoms with E-state index in [2.05, 4.69) is 0 Å². The van der Waals surface area contributed by atoms with Gasteiger partial charge < -0.3 is 16.4 Å². The summed E-state index contributed by atoms with van der Waals surface area (Å²) in [6.07, 6.45) is 0. The molecule has 0 spiro atoms. The normalized spacial score (nSPS) is 9.73. The molecule has 0 aliphatic heterocycles. The van der Waals surface area contributed by atoms with Gasteiger partial charge in [-0.25, -0.2) is 0 Å². The molecule has 0 bridgehead atoms. The van der Waals surface area contributed by atoms with E-state index in [0.29, 0.717) is 10.0 Å². The first kappa shape index (κ1) is 8.46. The SMILES string of the molecule is Nc1cc(Cl)c(Cl)cc1N[O-]. The van der Waals surface area contributed by atoms with E-state index < -0.39 is 0 Å². The van der Waals surface area contributed by atoms with Crippen LogP contribution < -0.4 is 11.2 Å². The number of nitrogens with one attached hydrogen (secondary N) is 1. The summed E-state index contributed by atoms with van der Waals surface area (Å²) < 4.78 is 0. The van der Waals surface area contributed by atoms with E-state index in [1.807, 2.05) is 0 Å². The molecule has 1 aromatic carbocycles. The molecule has 11 heavy (non-hydrogen) atoms. The Morgan fingerprint density at radius 3 is 2.36 bits per heavy atom. The van der Waals surface area contributed by atoms with Crippen LogP contribution in [0.1, 0.15) is 0 Å². The molecule has 0 unspecified atom stereocenters. The lowest BCUT2D eigenvalue weighted by Crippen LogP contribution is -1.93. The van der Waals surface area contributed by atoms with Gasteiger partial charge in [0.15, 0.2) is 0 Å². The van der Waals surface area contributed by atoms with Crippen LogP contribution in [0.3, 0.4) is 0 Å². The van der Waals surface area contributed by atoms with Crippen molar-refractivity contribution in [3.63, 3.8) is 0 Å². The number of benzene rings is 1. The number of hydrogen-bond donors (Lipinski definition) is 2. The monoisotopic (exact) mass is 191 g/mol. The second kappa shape index (κ2) is 3.17. The molecule has 0 radical (unpaired) electrons. The second-order valence-corrected chi connectivity index (χ2v) is 2.77. The highest BCUT2D eigenvalue weighted by Crippen LogP contribution is 2.30. The third-order valence-corrected chi connectivity index (χ3v) is 1.92. The van der Waals surface area contributed by atoms with Crippen molar-refractivity contribution in [2.45, 2.75) is 0 Å². The number of nitrogen functional groups attached to an aromatic ring is 1. The smallest absolute Gasteiger partial charge is 0.0614 e. The van der Waals surface area contributed by atoms with Gasteiger partial charge in [-0.15, -0.1) is 0 Å². The Hall–Kier alpha value is -0.640. The van der Waals surface area contributed by atoms with Crippen molar-refractivity contribution >= 4 is 34.6 Å². The van der Waals surface area contributed by atoms with Crippen molar-refractivity contribution < 1.29 is 0 Å². The van der Waals surface area contributed by atoms with Gasteiger partial charge in [0.05, 0.1) is 15.7 Å². The number of rotatable bonds is 1. The van der Waals surface area contributed by atoms with Crippen LogP contribution in [0.5, 0.6) is 0 Å². The van der Waals surface area contributed by atoms with E-state index >= 15 is 0 Å². The molecule has 0 aromatic heterocycles. The summed E-state index contributed by atoms with van der Waals surface area (Å²) in [6, 6.07) is 2.80. The Morgan fingerprint density at radius 2 is 1.82 bits per heavy atom. The standard InChI is InChI=1S/C6H5Cl2N2O/c7-3-1-5(9)6(10-11)2-4(3)8/h1-2,10H,9H2/q-1. The third kappa shape index (κ3) is 1.68. The fraction of sp³-hybridized carbons (Fsp3) is 0. The predicted octanol–water partition coefficient (Wildman–Crippen LogP) is 2.49. The summed E-state index contributed by atoms with van der Waals surface area (Å²) in [5.74, 6) is 0. The quantitative estimate of drug-likeness (QED) is 0.530. The Kier molecular flexibility index (Phi) is 2.44. The summed E-state index contributed by atoms with van der Waals surface area (Å²) >= 11 is 11.2. The van der Waals surface area contributed by atoms with E-state index in [9.17, 15) is 5.21 Å². The molecule has 0 aliphatic carbocycles. The molecule has 0 saturated carbocycles. The molecular formula is C6H5Cl2N2O-. The first-order chi connectivity index (χ1) is 5.15. The second-order valence-electron chi connectivity index (χ2n) is 1.96. The summed E-state index contributed by atoms with van der Waals surface area (Å²) in [5.41, 5.74) is 7.56. The summed E-state index contributed by atoms with van der Waals surface area (Å²) in [7, 11) is 0. The van der Waals surface area contributed by atoms with E-state index in [-0.39, 0.29) is 11.4 Å². The molecule has 0 heterocycles. The Morgan fingerprint density at radius 1 is 1.27 bits per heavy atom. The number of hydrogen-bond acceptors (Lipinski definition) is 3. The zero-order chi connectivity index (χ0) is 8.43. The molecule has 60 valence electrons. The minimum Gasteiger partial charge on any atom is -0.761 e. The van der Waals surface area contributed by atoms with Crippen molar-refractivity contribution in [1.82, 2.24) is 0 Å². The van der Waals surface area contributed by atoms with E-state index in [0.717, 1.165) is 0 Å². The lowest BCUT2D eigenvalue weighted by molar-refractivity contribution is 1.59. The lowest BCUT2D eigenvalue weighted by atomic mass is 10.3. The van der Waals surface area contributed by atoms with Crippen LogP contribution in [0.25, 0.3) is 0 Å². The average molecular weight is 192 g/mol. The van der Waals surface area contributed by atoms with Crippen molar-refractivity contribution in [2.24, 2.45) is 0 Å². The Labute approximate surface area is 73.7 Å². The first-order valence-electron chi connectivity index (χ1n) is 2.78. The van der Waals surface area contributed by atoms with Crippen LogP contribution in [-0.2, 0) is 0 Å². The van der Waals surface area contributed by atoms with Gasteiger partial charge >= 0.3 is 0 Å². The Balaban J connectivity index is 3.21. The molecule has 0 amide bonds. The van der Waals surface area contributed by atoms with Crippen LogP contribution in [0, 0.1) is 5.21 Å². The summed E-state index contributed by atoms with van der Waals surface area (Å²) in [5, 5.41) is 10.8. The van der Waals surface area contributed by atoms with Gasteiger partial charge in [0, 0.05) is 5.69 Å². The van der Waals surface area contributed by atoms with Gasteiger partial charge in [0.2, 0.25) is 0 Å². The predicted molar refractivity (Wildman–Crippen MR) is 47.9 cm³/mol. The van der Waals surface area contributed by atoms with Crippen LogP contribution in [-0.4, -0.2) is 0 Å². The van der Waals surface area contributed by atoms with Crippen LogP contribution >= 0.6 is 23.2 Å². The first-order valence-corrected chi connectivity index (χ1v) is 3.53. The van der Waals surface area contributed by atoms with Crippen LogP contribution in [0.4, 0.5) is 11.4 Å². The highest BCUT2D eigenvalue weighted by Gasteiger charge is 2.01. The van der Waals surface area contributed by atoms with E-state index in [1.165, 1.54) is 12.1 Å². The number of nitrogens with two attached hydrogens (primary N) is 1. The van der Waals surface area contributed by atoms with Crippen LogP contribution in [0.15, 0.2) is 12.1 Å². The largest absolute Gasteiger partial charge is 0.761 e. The third-order valence-electron chi connectivity index (χ3n) is 1.20. The molecule has 1 aromatic rings. The molecule has 0 aliphatic rings. The topological polar surface area (TPSA) is 61.1 Å². The minimum atomic E-state index is 0.236. The minimum absolute atomic E-state index is 0.236. The maximum absolute atomic E-state index is 10.2. The van der Waals surface area contributed by atoms with Crippen LogP contribution in [0.2, 0.25) is 10.0 Å². The van der Waals surface area contributed by atoms with E-state index in [4.69, 9.17) is 28.9 Å². The van der Waals surface area contributed by atoms with Crippen molar-refractivity contribution in [3.05, 3.63) is 27.4 Å². The van der Waals surface area contributed by atoms with Crippen molar-refractivity contribution in [2.75, 3.05) is 11.2 Å². The van der Waals surface area contributed by atoms with Gasteiger partial charge in [-0.3, -0.25) is 0 Å². The zero-order valence-corrected chi connectivity index (χ0v) is 6.91. The molecule has 3 N–H and O–H groups in total.